The Labute approximate surface area is 115 Å². The van der Waals surface area contributed by atoms with Crippen molar-refractivity contribution < 1.29 is 14.7 Å². The maximum atomic E-state index is 11.5. The summed E-state index contributed by atoms with van der Waals surface area (Å²) in [7, 11) is 0. The van der Waals surface area contributed by atoms with Crippen molar-refractivity contribution in [3.63, 3.8) is 0 Å². The van der Waals surface area contributed by atoms with E-state index in [1.807, 2.05) is 13.0 Å². The first kappa shape index (κ1) is 13.9. The van der Waals surface area contributed by atoms with Gasteiger partial charge in [0.1, 0.15) is 0 Å². The second-order valence-electron chi connectivity index (χ2n) is 5.01. The molecule has 19 heavy (non-hydrogen) atoms. The molecule has 104 valence electrons. The molecular weight excluding hydrogens is 264 g/mol. The maximum absolute atomic E-state index is 11.5. The van der Waals surface area contributed by atoms with Crippen LogP contribution in [-0.2, 0) is 0 Å². The fourth-order valence-electron chi connectivity index (χ4n) is 2.76. The smallest absolute Gasteiger partial charge is 0.404 e. The number of aryl methyl sites for hydroxylation is 1. The fraction of sp³-hybridized carbons (Fsp3) is 0.538. The zero-order chi connectivity index (χ0) is 14.0. The van der Waals surface area contributed by atoms with Gasteiger partial charge in [0, 0.05) is 15.8 Å². The zero-order valence-electron chi connectivity index (χ0n) is 10.8. The number of primary amides is 1. The molecule has 2 atom stereocenters. The highest BCUT2D eigenvalue weighted by Crippen LogP contribution is 2.38. The van der Waals surface area contributed by atoms with Crippen LogP contribution < -0.4 is 11.1 Å². The van der Waals surface area contributed by atoms with Gasteiger partial charge in [0.05, 0.1) is 5.56 Å². The second kappa shape index (κ2) is 5.61. The molecular formula is C13H18N2O3S. The molecule has 1 saturated carbocycles. The standard InChI is InChI=1S/C13H18N2O3S/c1-7-5-10(12(14)16)11(19-7)8-3-2-4-9(6-8)15-13(17)18/h5,8-9,15H,2-4,6H2,1H3,(H2,14,16)(H,17,18). The van der Waals surface area contributed by atoms with E-state index in [1.54, 1.807) is 11.3 Å². The molecule has 1 aromatic rings. The molecule has 1 fully saturated rings. The Hall–Kier alpha value is -1.56. The van der Waals surface area contributed by atoms with Crippen molar-refractivity contribution in [1.29, 1.82) is 0 Å². The van der Waals surface area contributed by atoms with E-state index in [4.69, 9.17) is 10.8 Å². The van der Waals surface area contributed by atoms with Crippen LogP contribution in [0.3, 0.4) is 0 Å². The van der Waals surface area contributed by atoms with Crippen molar-refractivity contribution in [3.8, 4) is 0 Å². The summed E-state index contributed by atoms with van der Waals surface area (Å²) < 4.78 is 0. The van der Waals surface area contributed by atoms with Gasteiger partial charge in [-0.15, -0.1) is 11.3 Å². The van der Waals surface area contributed by atoms with Crippen molar-refractivity contribution in [2.75, 3.05) is 0 Å². The molecule has 4 N–H and O–H groups in total. The summed E-state index contributed by atoms with van der Waals surface area (Å²) in [6, 6.07) is 1.80. The van der Waals surface area contributed by atoms with Crippen LogP contribution in [0.4, 0.5) is 4.79 Å². The molecule has 1 aliphatic rings. The third-order valence-electron chi connectivity index (χ3n) is 3.52. The van der Waals surface area contributed by atoms with Crippen LogP contribution in [0.25, 0.3) is 0 Å². The average Bonchev–Trinajstić information content (AvgIpc) is 2.71. The summed E-state index contributed by atoms with van der Waals surface area (Å²) in [5.41, 5.74) is 6.01. The minimum absolute atomic E-state index is 0.0283. The van der Waals surface area contributed by atoms with Gasteiger partial charge in [-0.1, -0.05) is 6.42 Å². The number of carbonyl (C=O) groups excluding carboxylic acids is 1. The fourth-order valence-corrected chi connectivity index (χ4v) is 3.94. The van der Waals surface area contributed by atoms with Gasteiger partial charge in [-0.25, -0.2) is 4.79 Å². The number of rotatable bonds is 3. The predicted molar refractivity (Wildman–Crippen MR) is 73.7 cm³/mol. The van der Waals surface area contributed by atoms with Crippen molar-refractivity contribution in [2.45, 2.75) is 44.6 Å². The molecule has 2 unspecified atom stereocenters. The van der Waals surface area contributed by atoms with Gasteiger partial charge < -0.3 is 16.2 Å². The number of nitrogens with two attached hydrogens (primary N) is 1. The molecule has 2 rings (SSSR count). The number of hydrogen-bond acceptors (Lipinski definition) is 3. The van der Waals surface area contributed by atoms with Crippen LogP contribution in [-0.4, -0.2) is 23.1 Å². The first-order chi connectivity index (χ1) is 8.97. The minimum atomic E-state index is -0.983. The quantitative estimate of drug-likeness (QED) is 0.795. The van der Waals surface area contributed by atoms with Crippen molar-refractivity contribution in [3.05, 3.63) is 21.4 Å². The highest BCUT2D eigenvalue weighted by Gasteiger charge is 2.28. The van der Waals surface area contributed by atoms with Crippen LogP contribution in [0, 0.1) is 6.92 Å². The highest BCUT2D eigenvalue weighted by atomic mass is 32.1. The Bertz CT molecular complexity index is 498. The van der Waals surface area contributed by atoms with Crippen molar-refractivity contribution in [1.82, 2.24) is 5.32 Å². The second-order valence-corrected chi connectivity index (χ2v) is 6.30. The molecule has 1 heterocycles. The summed E-state index contributed by atoms with van der Waals surface area (Å²) in [5.74, 6) is -0.167. The SMILES string of the molecule is Cc1cc(C(N)=O)c(C2CCCC(NC(=O)O)C2)s1. The van der Waals surface area contributed by atoms with Crippen molar-refractivity contribution >= 4 is 23.3 Å². The van der Waals surface area contributed by atoms with Crippen LogP contribution in [0.5, 0.6) is 0 Å². The Morgan fingerprint density at radius 1 is 1.47 bits per heavy atom. The van der Waals surface area contributed by atoms with E-state index in [0.29, 0.717) is 5.56 Å². The summed E-state index contributed by atoms with van der Waals surface area (Å²) in [5, 5.41) is 11.3. The number of thiophene rings is 1. The summed E-state index contributed by atoms with van der Waals surface area (Å²) in [6.45, 7) is 1.95. The molecule has 0 aromatic carbocycles. The molecule has 0 spiro atoms. The van der Waals surface area contributed by atoms with Crippen LogP contribution in [0.15, 0.2) is 6.07 Å². The lowest BCUT2D eigenvalue weighted by Crippen LogP contribution is -2.37. The highest BCUT2D eigenvalue weighted by molar-refractivity contribution is 7.12. The number of carbonyl (C=O) groups is 2. The molecule has 0 bridgehead atoms. The number of hydrogen-bond donors (Lipinski definition) is 3. The number of amides is 2. The van der Waals surface area contributed by atoms with E-state index in [9.17, 15) is 9.59 Å². The Morgan fingerprint density at radius 2 is 2.21 bits per heavy atom. The normalized spacial score (nSPS) is 23.0. The maximum Gasteiger partial charge on any atom is 0.404 e. The van der Waals surface area contributed by atoms with E-state index in [1.165, 1.54) is 0 Å². The van der Waals surface area contributed by atoms with E-state index in [0.717, 1.165) is 35.4 Å². The zero-order valence-corrected chi connectivity index (χ0v) is 11.6. The average molecular weight is 282 g/mol. The number of carboxylic acid groups (broad SMARTS) is 1. The molecule has 6 heteroatoms. The monoisotopic (exact) mass is 282 g/mol. The van der Waals surface area contributed by atoms with Crippen LogP contribution in [0.2, 0.25) is 0 Å². The van der Waals surface area contributed by atoms with Gasteiger partial charge in [0.25, 0.3) is 0 Å². The van der Waals surface area contributed by atoms with E-state index in [2.05, 4.69) is 5.32 Å². The first-order valence-corrected chi connectivity index (χ1v) is 7.18. The molecule has 2 amide bonds. The lowest BCUT2D eigenvalue weighted by atomic mass is 9.83. The number of nitrogens with one attached hydrogen (secondary N) is 1. The van der Waals surface area contributed by atoms with Gasteiger partial charge >= 0.3 is 6.09 Å². The van der Waals surface area contributed by atoms with E-state index >= 15 is 0 Å². The van der Waals surface area contributed by atoms with Crippen molar-refractivity contribution in [2.24, 2.45) is 5.73 Å². The topological polar surface area (TPSA) is 92.4 Å². The third kappa shape index (κ3) is 3.26. The van der Waals surface area contributed by atoms with Crippen LogP contribution >= 0.6 is 11.3 Å². The third-order valence-corrected chi connectivity index (χ3v) is 4.74. The molecule has 1 aromatic heterocycles. The van der Waals surface area contributed by atoms with E-state index < -0.39 is 12.0 Å². The Morgan fingerprint density at radius 3 is 2.84 bits per heavy atom. The van der Waals surface area contributed by atoms with E-state index in [-0.39, 0.29) is 12.0 Å². The van der Waals surface area contributed by atoms with Gasteiger partial charge in [0.15, 0.2) is 0 Å². The minimum Gasteiger partial charge on any atom is -0.465 e. The van der Waals surface area contributed by atoms with Crippen LogP contribution in [0.1, 0.15) is 51.7 Å². The van der Waals surface area contributed by atoms with Gasteiger partial charge in [-0.2, -0.15) is 0 Å². The summed E-state index contributed by atoms with van der Waals surface area (Å²) in [6.07, 6.45) is 2.57. The molecule has 0 aliphatic heterocycles. The van der Waals surface area contributed by atoms with Gasteiger partial charge in [-0.05, 0) is 38.2 Å². The summed E-state index contributed by atoms with van der Waals surface area (Å²) >= 11 is 1.59. The molecule has 1 aliphatic carbocycles. The lowest BCUT2D eigenvalue weighted by molar-refractivity contribution is 0.0998. The van der Waals surface area contributed by atoms with Gasteiger partial charge in [0.2, 0.25) is 5.91 Å². The first-order valence-electron chi connectivity index (χ1n) is 6.37. The Balaban J connectivity index is 2.17. The molecule has 5 nitrogen and oxygen atoms in total. The predicted octanol–water partition coefficient (Wildman–Crippen LogP) is 2.45. The largest absolute Gasteiger partial charge is 0.465 e. The molecule has 0 saturated heterocycles. The Kier molecular flexibility index (Phi) is 4.09. The van der Waals surface area contributed by atoms with Gasteiger partial charge in [-0.3, -0.25) is 4.79 Å². The summed E-state index contributed by atoms with van der Waals surface area (Å²) in [4.78, 5) is 24.2. The molecule has 0 radical (unpaired) electrons. The lowest BCUT2D eigenvalue weighted by Gasteiger charge is -2.28.